The van der Waals surface area contributed by atoms with Crippen molar-refractivity contribution in [1.29, 1.82) is 0 Å². The van der Waals surface area contributed by atoms with Gasteiger partial charge in [-0.1, -0.05) is 13.8 Å². The van der Waals surface area contributed by atoms with Crippen LogP contribution in [-0.4, -0.2) is 38.0 Å². The average Bonchev–Trinajstić information content (AvgIpc) is 2.14. The molecule has 19 heavy (non-hydrogen) atoms. The maximum Gasteiger partial charge on any atom is 0.188 e. The minimum atomic E-state index is -3.10. The summed E-state index contributed by atoms with van der Waals surface area (Å²) in [5, 5.41) is 2.83. The number of nitrogens with two attached hydrogens (primary N) is 1. The quantitative estimate of drug-likeness (QED) is 0.401. The third-order valence-corrected chi connectivity index (χ3v) is 5.21. The lowest BCUT2D eigenvalue weighted by Gasteiger charge is -2.19. The summed E-state index contributed by atoms with van der Waals surface area (Å²) in [5.74, 6) is 0.972. The number of aliphatic imine (C=N–C) groups is 1. The minimum absolute atomic E-state index is 0. The van der Waals surface area contributed by atoms with Gasteiger partial charge in [-0.25, -0.2) is 8.42 Å². The van der Waals surface area contributed by atoms with Crippen LogP contribution in [0.3, 0.4) is 0 Å². The van der Waals surface area contributed by atoms with Gasteiger partial charge in [0.15, 0.2) is 15.8 Å². The molecule has 0 fully saturated rings. The molecule has 0 aromatic carbocycles. The Morgan fingerprint density at radius 3 is 2.26 bits per heavy atom. The van der Waals surface area contributed by atoms with Gasteiger partial charge >= 0.3 is 0 Å². The Morgan fingerprint density at radius 2 is 1.84 bits per heavy atom. The number of hydrogen-bond donors (Lipinski definition) is 2. The lowest BCUT2D eigenvalue weighted by molar-refractivity contribution is 0.559. The van der Waals surface area contributed by atoms with Crippen LogP contribution in [0.25, 0.3) is 0 Å². The van der Waals surface area contributed by atoms with Gasteiger partial charge in [0.25, 0.3) is 0 Å². The zero-order valence-electron chi connectivity index (χ0n) is 12.6. The van der Waals surface area contributed by atoms with Crippen LogP contribution in [0.1, 0.15) is 41.0 Å². The fourth-order valence-electron chi connectivity index (χ4n) is 1.12. The molecule has 7 heteroatoms. The van der Waals surface area contributed by atoms with E-state index in [0.717, 1.165) is 6.42 Å². The summed E-state index contributed by atoms with van der Waals surface area (Å²) >= 11 is 0. The van der Waals surface area contributed by atoms with Crippen LogP contribution < -0.4 is 11.1 Å². The zero-order valence-corrected chi connectivity index (χ0v) is 15.7. The summed E-state index contributed by atoms with van der Waals surface area (Å²) in [6.07, 6.45) is 0.975. The van der Waals surface area contributed by atoms with Crippen LogP contribution in [0.15, 0.2) is 4.99 Å². The average molecular weight is 405 g/mol. The molecule has 0 rings (SSSR count). The van der Waals surface area contributed by atoms with Crippen LogP contribution in [0, 0.1) is 5.92 Å². The van der Waals surface area contributed by atoms with E-state index in [1.165, 1.54) is 0 Å². The molecule has 0 amide bonds. The first kappa shape index (κ1) is 21.3. The summed E-state index contributed by atoms with van der Waals surface area (Å²) in [7, 11) is -3.10. The molecule has 0 aliphatic rings. The monoisotopic (exact) mass is 405 g/mol. The molecule has 0 aliphatic carbocycles. The van der Waals surface area contributed by atoms with E-state index in [1.807, 2.05) is 0 Å². The topological polar surface area (TPSA) is 84.5 Å². The second kappa shape index (κ2) is 8.99. The molecular formula is C12H28IN3O2S. The highest BCUT2D eigenvalue weighted by Crippen LogP contribution is 2.15. The molecule has 0 spiro atoms. The Labute approximate surface area is 134 Å². The molecule has 116 valence electrons. The van der Waals surface area contributed by atoms with E-state index < -0.39 is 14.6 Å². The van der Waals surface area contributed by atoms with Gasteiger partial charge in [0, 0.05) is 13.1 Å². The molecule has 0 bridgehead atoms. The Kier molecular flexibility index (Phi) is 10.1. The van der Waals surface area contributed by atoms with Gasteiger partial charge in [-0.15, -0.1) is 24.0 Å². The molecule has 0 saturated carbocycles. The number of guanidine groups is 1. The Hall–Kier alpha value is -0.0500. The fraction of sp³-hybridized carbons (Fsp3) is 0.917. The number of halogens is 1. The van der Waals surface area contributed by atoms with Crippen LogP contribution in [0.2, 0.25) is 0 Å². The van der Waals surface area contributed by atoms with Crippen molar-refractivity contribution in [2.45, 2.75) is 45.8 Å². The van der Waals surface area contributed by atoms with Crippen molar-refractivity contribution >= 4 is 39.8 Å². The number of nitrogens with one attached hydrogen (secondary N) is 1. The maximum absolute atomic E-state index is 11.8. The third-order valence-electron chi connectivity index (χ3n) is 2.60. The first-order chi connectivity index (χ1) is 8.06. The van der Waals surface area contributed by atoms with Crippen molar-refractivity contribution in [2.24, 2.45) is 16.6 Å². The molecular weight excluding hydrogens is 377 g/mol. The van der Waals surface area contributed by atoms with Gasteiger partial charge in [-0.05, 0) is 33.1 Å². The Morgan fingerprint density at radius 1 is 1.32 bits per heavy atom. The normalized spacial score (nSPS) is 13.3. The standard InChI is InChI=1S/C12H27N3O2S.HI/c1-10(2)6-7-14-11(13)15-8-9-18(16,17)12(3,4)5;/h10H,6-9H2,1-5H3,(H3,13,14,15);1H. The van der Waals surface area contributed by atoms with E-state index in [-0.39, 0.29) is 29.7 Å². The van der Waals surface area contributed by atoms with Crippen molar-refractivity contribution in [2.75, 3.05) is 18.8 Å². The molecule has 5 nitrogen and oxygen atoms in total. The van der Waals surface area contributed by atoms with Gasteiger partial charge in [0.1, 0.15) is 0 Å². The number of rotatable bonds is 6. The highest BCUT2D eigenvalue weighted by molar-refractivity contribution is 14.0. The van der Waals surface area contributed by atoms with E-state index in [0.29, 0.717) is 25.0 Å². The molecule has 0 aliphatic heterocycles. The van der Waals surface area contributed by atoms with E-state index in [1.54, 1.807) is 20.8 Å². The van der Waals surface area contributed by atoms with Crippen LogP contribution in [-0.2, 0) is 9.84 Å². The summed E-state index contributed by atoms with van der Waals surface area (Å²) in [4.78, 5) is 4.13. The molecule has 0 aromatic rings. The SMILES string of the molecule is CC(C)CCN=C(N)NCCS(=O)(=O)C(C)(C)C.I. The smallest absolute Gasteiger partial charge is 0.188 e. The number of nitrogens with zero attached hydrogens (tertiary/aromatic N) is 1. The third kappa shape index (κ3) is 9.48. The summed E-state index contributed by atoms with van der Waals surface area (Å²) in [5.41, 5.74) is 5.64. The maximum atomic E-state index is 11.8. The van der Waals surface area contributed by atoms with E-state index >= 15 is 0 Å². The second-order valence-corrected chi connectivity index (χ2v) is 8.67. The van der Waals surface area contributed by atoms with Crippen molar-refractivity contribution in [3.63, 3.8) is 0 Å². The number of sulfone groups is 1. The second-order valence-electron chi connectivity index (χ2n) is 5.81. The van der Waals surface area contributed by atoms with Crippen molar-refractivity contribution in [1.82, 2.24) is 5.32 Å². The first-order valence-corrected chi connectivity index (χ1v) is 7.97. The fourth-order valence-corrected chi connectivity index (χ4v) is 2.10. The summed E-state index contributed by atoms with van der Waals surface area (Å²) < 4.78 is 22.9. The highest BCUT2D eigenvalue weighted by atomic mass is 127. The molecule has 0 atom stereocenters. The molecule has 3 N–H and O–H groups in total. The number of hydrogen-bond acceptors (Lipinski definition) is 3. The molecule has 0 unspecified atom stereocenters. The lowest BCUT2D eigenvalue weighted by atomic mass is 10.1. The summed E-state index contributed by atoms with van der Waals surface area (Å²) in [6.45, 7) is 10.3. The van der Waals surface area contributed by atoms with E-state index in [4.69, 9.17) is 5.73 Å². The molecule has 0 radical (unpaired) electrons. The highest BCUT2D eigenvalue weighted by Gasteiger charge is 2.28. The van der Waals surface area contributed by atoms with Gasteiger partial charge in [-0.3, -0.25) is 4.99 Å². The first-order valence-electron chi connectivity index (χ1n) is 6.32. The minimum Gasteiger partial charge on any atom is -0.370 e. The largest absolute Gasteiger partial charge is 0.370 e. The predicted molar refractivity (Wildman–Crippen MR) is 92.9 cm³/mol. The van der Waals surface area contributed by atoms with Crippen LogP contribution in [0.5, 0.6) is 0 Å². The van der Waals surface area contributed by atoms with Crippen LogP contribution >= 0.6 is 24.0 Å². The van der Waals surface area contributed by atoms with Crippen LogP contribution in [0.4, 0.5) is 0 Å². The van der Waals surface area contributed by atoms with Gasteiger partial charge < -0.3 is 11.1 Å². The van der Waals surface area contributed by atoms with Gasteiger partial charge in [-0.2, -0.15) is 0 Å². The van der Waals surface area contributed by atoms with Crippen molar-refractivity contribution in [3.8, 4) is 0 Å². The molecule has 0 heterocycles. The Bertz CT molecular complexity index is 373. The lowest BCUT2D eigenvalue weighted by Crippen LogP contribution is -2.39. The van der Waals surface area contributed by atoms with E-state index in [2.05, 4.69) is 24.2 Å². The predicted octanol–water partition coefficient (Wildman–Crippen LogP) is 1.77. The van der Waals surface area contributed by atoms with Crippen molar-refractivity contribution in [3.05, 3.63) is 0 Å². The summed E-state index contributed by atoms with van der Waals surface area (Å²) in [6, 6.07) is 0. The Balaban J connectivity index is 0. The van der Waals surface area contributed by atoms with E-state index in [9.17, 15) is 8.42 Å². The van der Waals surface area contributed by atoms with Crippen molar-refractivity contribution < 1.29 is 8.42 Å². The zero-order chi connectivity index (χ0) is 14.4. The van der Waals surface area contributed by atoms with Gasteiger partial charge in [0.05, 0.1) is 10.5 Å². The van der Waals surface area contributed by atoms with Gasteiger partial charge in [0.2, 0.25) is 0 Å². The molecule has 0 aromatic heterocycles. The molecule has 0 saturated heterocycles.